The smallest absolute Gasteiger partial charge is 0.421 e. The Labute approximate surface area is 149 Å². The van der Waals surface area contributed by atoms with Crippen LogP contribution in [-0.4, -0.2) is 45.1 Å². The molecule has 3 rings (SSSR count). The number of carbonyl (C=O) groups is 1. The second-order valence-electron chi connectivity index (χ2n) is 7.02. The van der Waals surface area contributed by atoms with E-state index in [9.17, 15) is 13.2 Å². The molecule has 1 aromatic carbocycles. The summed E-state index contributed by atoms with van der Waals surface area (Å²) in [6.07, 6.45) is 4.82. The summed E-state index contributed by atoms with van der Waals surface area (Å²) < 4.78 is 31.7. The van der Waals surface area contributed by atoms with Crippen molar-refractivity contribution in [2.45, 2.75) is 50.0 Å². The highest BCUT2D eigenvalue weighted by Crippen LogP contribution is 2.31. The fourth-order valence-electron chi connectivity index (χ4n) is 3.87. The highest BCUT2D eigenvalue weighted by molar-refractivity contribution is 7.90. The van der Waals surface area contributed by atoms with Crippen LogP contribution in [0.5, 0.6) is 0 Å². The molecule has 0 bridgehead atoms. The minimum absolute atomic E-state index is 0.0613. The number of sulfonamides is 1. The molecule has 25 heavy (non-hydrogen) atoms. The van der Waals surface area contributed by atoms with E-state index < -0.39 is 16.1 Å². The largest absolute Gasteiger partial charge is 0.448 e. The third kappa shape index (κ3) is 4.52. The highest BCUT2D eigenvalue weighted by atomic mass is 32.2. The van der Waals surface area contributed by atoms with Crippen molar-refractivity contribution in [2.75, 3.05) is 19.7 Å². The van der Waals surface area contributed by atoms with Crippen LogP contribution in [0.4, 0.5) is 4.79 Å². The summed E-state index contributed by atoms with van der Waals surface area (Å²) >= 11 is 0. The molecule has 0 radical (unpaired) electrons. The van der Waals surface area contributed by atoms with E-state index in [4.69, 9.17) is 4.74 Å². The fraction of sp³-hybridized carbons (Fsp3) is 0.611. The zero-order valence-electron chi connectivity index (χ0n) is 14.6. The molecule has 138 valence electrons. The number of nitrogens with zero attached hydrogens (tertiary/aromatic N) is 1. The summed E-state index contributed by atoms with van der Waals surface area (Å²) in [7, 11) is -3.89. The molecule has 2 atom stereocenters. The zero-order valence-corrected chi connectivity index (χ0v) is 15.4. The predicted octanol–water partition coefficient (Wildman–Crippen LogP) is 2.67. The molecule has 7 heteroatoms. The lowest BCUT2D eigenvalue weighted by Gasteiger charge is -2.44. The Hall–Kier alpha value is -1.60. The molecular weight excluding hydrogens is 340 g/mol. The Balaban J connectivity index is 1.54. The highest BCUT2D eigenvalue weighted by Gasteiger charge is 2.33. The number of fused-ring (bicyclic) bond motifs is 1. The Morgan fingerprint density at radius 3 is 2.64 bits per heavy atom. The third-order valence-electron chi connectivity index (χ3n) is 5.21. The number of amides is 1. The van der Waals surface area contributed by atoms with E-state index in [-0.39, 0.29) is 11.5 Å². The summed E-state index contributed by atoms with van der Waals surface area (Å²) in [6, 6.07) is 6.81. The molecule has 0 spiro atoms. The van der Waals surface area contributed by atoms with Gasteiger partial charge >= 0.3 is 6.09 Å². The van der Waals surface area contributed by atoms with Crippen molar-refractivity contribution >= 4 is 16.1 Å². The van der Waals surface area contributed by atoms with Gasteiger partial charge in [-0.2, -0.15) is 0 Å². The Morgan fingerprint density at radius 1 is 1.16 bits per heavy atom. The molecule has 2 heterocycles. The molecule has 2 saturated heterocycles. The number of benzene rings is 1. The number of hydrogen-bond acceptors (Lipinski definition) is 5. The maximum atomic E-state index is 12.2. The van der Waals surface area contributed by atoms with Crippen LogP contribution in [0.15, 0.2) is 29.2 Å². The number of piperidine rings is 2. The molecule has 2 fully saturated rings. The van der Waals surface area contributed by atoms with Crippen molar-refractivity contribution in [1.82, 2.24) is 9.62 Å². The van der Waals surface area contributed by atoms with Gasteiger partial charge in [-0.25, -0.2) is 17.9 Å². The first-order valence-corrected chi connectivity index (χ1v) is 10.4. The minimum Gasteiger partial charge on any atom is -0.448 e. The zero-order chi connectivity index (χ0) is 17.9. The summed E-state index contributed by atoms with van der Waals surface area (Å²) in [5, 5.41) is 0. The summed E-state index contributed by atoms with van der Waals surface area (Å²) in [5.74, 6) is 0.293. The average molecular weight is 366 g/mol. The van der Waals surface area contributed by atoms with Crippen LogP contribution in [0.3, 0.4) is 0 Å². The minimum atomic E-state index is -3.89. The van der Waals surface area contributed by atoms with Gasteiger partial charge in [0.25, 0.3) is 10.0 Å². The second kappa shape index (κ2) is 7.74. The molecule has 1 N–H and O–H groups in total. The van der Waals surface area contributed by atoms with E-state index in [0.29, 0.717) is 12.0 Å². The number of aryl methyl sites for hydroxylation is 1. The molecule has 2 aliphatic rings. The van der Waals surface area contributed by atoms with Gasteiger partial charge in [-0.1, -0.05) is 24.1 Å². The summed E-state index contributed by atoms with van der Waals surface area (Å²) in [4.78, 5) is 14.5. The standard InChI is InChI=1S/C18H26N2O4S/c1-14-7-9-16(10-8-14)25(22,23)19-18(21)24-13-15-5-4-12-20-11-3-2-6-17(15)20/h7-10,15,17H,2-6,11-13H2,1H3,(H,19,21)/t15-,17-/m1/s1. The van der Waals surface area contributed by atoms with Gasteiger partial charge in [0.05, 0.1) is 11.5 Å². The molecular formula is C18H26N2O4S. The van der Waals surface area contributed by atoms with Gasteiger partial charge < -0.3 is 4.74 Å². The summed E-state index contributed by atoms with van der Waals surface area (Å²) in [6.45, 7) is 4.39. The van der Waals surface area contributed by atoms with Gasteiger partial charge in [0.15, 0.2) is 0 Å². The van der Waals surface area contributed by atoms with Crippen LogP contribution in [-0.2, 0) is 14.8 Å². The van der Waals surface area contributed by atoms with Gasteiger partial charge in [0, 0.05) is 12.0 Å². The van der Waals surface area contributed by atoms with E-state index in [0.717, 1.165) is 37.9 Å². The Bertz CT molecular complexity index is 700. The SMILES string of the molecule is Cc1ccc(S(=O)(=O)NC(=O)OC[C@H]2CCCN3CCCC[C@H]23)cc1. The Morgan fingerprint density at radius 2 is 1.88 bits per heavy atom. The van der Waals surface area contributed by atoms with Crippen LogP contribution >= 0.6 is 0 Å². The average Bonchev–Trinajstić information content (AvgIpc) is 2.60. The van der Waals surface area contributed by atoms with Crippen molar-refractivity contribution in [3.05, 3.63) is 29.8 Å². The molecule has 1 amide bonds. The number of ether oxygens (including phenoxy) is 1. The molecule has 0 aliphatic carbocycles. The third-order valence-corrected chi connectivity index (χ3v) is 6.53. The van der Waals surface area contributed by atoms with Crippen molar-refractivity contribution in [2.24, 2.45) is 5.92 Å². The van der Waals surface area contributed by atoms with E-state index in [1.54, 1.807) is 12.1 Å². The van der Waals surface area contributed by atoms with E-state index >= 15 is 0 Å². The van der Waals surface area contributed by atoms with Crippen molar-refractivity contribution in [3.8, 4) is 0 Å². The normalized spacial score (nSPS) is 24.4. The molecule has 0 unspecified atom stereocenters. The van der Waals surface area contributed by atoms with E-state index in [2.05, 4.69) is 4.90 Å². The topological polar surface area (TPSA) is 75.7 Å². The fourth-order valence-corrected chi connectivity index (χ4v) is 4.76. The monoisotopic (exact) mass is 366 g/mol. The van der Waals surface area contributed by atoms with Crippen molar-refractivity contribution < 1.29 is 17.9 Å². The first kappa shape index (κ1) is 18.2. The maximum absolute atomic E-state index is 12.2. The second-order valence-corrected chi connectivity index (χ2v) is 8.70. The van der Waals surface area contributed by atoms with Gasteiger partial charge in [-0.15, -0.1) is 0 Å². The van der Waals surface area contributed by atoms with E-state index in [1.165, 1.54) is 25.0 Å². The number of nitrogens with one attached hydrogen (secondary N) is 1. The first-order valence-electron chi connectivity index (χ1n) is 8.96. The maximum Gasteiger partial charge on any atom is 0.421 e. The molecule has 6 nitrogen and oxygen atoms in total. The Kier molecular flexibility index (Phi) is 5.64. The van der Waals surface area contributed by atoms with Crippen LogP contribution in [0.2, 0.25) is 0 Å². The number of hydrogen-bond donors (Lipinski definition) is 1. The molecule has 0 aromatic heterocycles. The van der Waals surface area contributed by atoms with Crippen LogP contribution in [0, 0.1) is 12.8 Å². The quantitative estimate of drug-likeness (QED) is 0.887. The van der Waals surface area contributed by atoms with Crippen molar-refractivity contribution in [3.63, 3.8) is 0 Å². The molecule has 2 aliphatic heterocycles. The number of rotatable bonds is 4. The predicted molar refractivity (Wildman–Crippen MR) is 94.8 cm³/mol. The lowest BCUT2D eigenvalue weighted by Crippen LogP contribution is -2.49. The number of carbonyl (C=O) groups excluding carboxylic acids is 1. The summed E-state index contributed by atoms with van der Waals surface area (Å²) in [5.41, 5.74) is 0.955. The van der Waals surface area contributed by atoms with E-state index in [1.807, 2.05) is 11.6 Å². The van der Waals surface area contributed by atoms with Crippen LogP contribution in [0.25, 0.3) is 0 Å². The van der Waals surface area contributed by atoms with Crippen LogP contribution in [0.1, 0.15) is 37.7 Å². The van der Waals surface area contributed by atoms with Gasteiger partial charge in [0.1, 0.15) is 0 Å². The molecule has 1 aromatic rings. The first-order chi connectivity index (χ1) is 12.0. The van der Waals surface area contributed by atoms with Gasteiger partial charge in [-0.05, 0) is 57.8 Å². The van der Waals surface area contributed by atoms with Gasteiger partial charge in [0.2, 0.25) is 0 Å². The molecule has 0 saturated carbocycles. The van der Waals surface area contributed by atoms with Gasteiger partial charge in [-0.3, -0.25) is 4.90 Å². The lowest BCUT2D eigenvalue weighted by atomic mass is 9.84. The van der Waals surface area contributed by atoms with Crippen molar-refractivity contribution in [1.29, 1.82) is 0 Å². The van der Waals surface area contributed by atoms with Crippen LogP contribution < -0.4 is 4.72 Å². The lowest BCUT2D eigenvalue weighted by molar-refractivity contribution is 0.0245.